The summed E-state index contributed by atoms with van der Waals surface area (Å²) < 4.78 is 4.98. The van der Waals surface area contributed by atoms with Crippen molar-refractivity contribution in [2.45, 2.75) is 25.8 Å². The number of hydrogen-bond donors (Lipinski definition) is 1. The molecule has 0 aromatic heterocycles. The van der Waals surface area contributed by atoms with E-state index >= 15 is 0 Å². The van der Waals surface area contributed by atoms with Crippen LogP contribution in [0.5, 0.6) is 0 Å². The van der Waals surface area contributed by atoms with E-state index in [1.165, 1.54) is 4.90 Å². The third-order valence-electron chi connectivity index (χ3n) is 6.02. The number of thiocarbonyl (C=S) groups is 1. The van der Waals surface area contributed by atoms with Gasteiger partial charge in [-0.05, 0) is 91.8 Å². The van der Waals surface area contributed by atoms with Crippen LogP contribution in [0.3, 0.4) is 0 Å². The maximum absolute atomic E-state index is 13.6. The number of rotatable bonds is 9. The SMILES string of the molecule is CCOC(=O)c1ccc(NC(=O)CC2C(=O)N(c3ccc(Cl)cc3)C(=S)N2CCc2ccc(Cl)cc2)cc1. The Morgan fingerprint density at radius 3 is 2.16 bits per heavy atom. The van der Waals surface area contributed by atoms with Gasteiger partial charge in [-0.25, -0.2) is 4.79 Å². The molecule has 7 nitrogen and oxygen atoms in total. The molecular weight excluding hydrogens is 545 g/mol. The van der Waals surface area contributed by atoms with Crippen molar-refractivity contribution >= 4 is 69.7 Å². The van der Waals surface area contributed by atoms with Crippen LogP contribution < -0.4 is 10.2 Å². The molecule has 1 unspecified atom stereocenters. The number of benzene rings is 3. The van der Waals surface area contributed by atoms with Crippen molar-refractivity contribution in [3.8, 4) is 0 Å². The van der Waals surface area contributed by atoms with Crippen LogP contribution >= 0.6 is 35.4 Å². The summed E-state index contributed by atoms with van der Waals surface area (Å²) in [4.78, 5) is 41.7. The van der Waals surface area contributed by atoms with Crippen LogP contribution in [0, 0.1) is 0 Å². The first kappa shape index (κ1) is 27.6. The van der Waals surface area contributed by atoms with Gasteiger partial charge in [0.1, 0.15) is 6.04 Å². The minimum Gasteiger partial charge on any atom is -0.462 e. The van der Waals surface area contributed by atoms with Gasteiger partial charge in [0.15, 0.2) is 5.11 Å². The molecule has 1 saturated heterocycles. The van der Waals surface area contributed by atoms with Crippen LogP contribution in [0.4, 0.5) is 11.4 Å². The number of anilines is 2. The van der Waals surface area contributed by atoms with E-state index in [2.05, 4.69) is 5.32 Å². The van der Waals surface area contributed by atoms with Gasteiger partial charge in [0.05, 0.1) is 24.3 Å². The number of esters is 1. The Balaban J connectivity index is 1.51. The smallest absolute Gasteiger partial charge is 0.338 e. The quantitative estimate of drug-likeness (QED) is 0.261. The summed E-state index contributed by atoms with van der Waals surface area (Å²) >= 11 is 17.7. The zero-order chi connectivity index (χ0) is 27.2. The number of hydrogen-bond acceptors (Lipinski definition) is 5. The standard InChI is InChI=1S/C28H25Cl2N3O4S/c1-2-37-27(36)19-5-11-22(12-6-19)31-25(34)17-24-26(35)33(23-13-9-21(30)10-14-23)28(38)32(24)16-15-18-3-7-20(29)8-4-18/h3-14,24H,2,15-17H2,1H3,(H,31,34). The van der Waals surface area contributed by atoms with Crippen molar-refractivity contribution in [2.75, 3.05) is 23.4 Å². The van der Waals surface area contributed by atoms with Crippen LogP contribution in [0.25, 0.3) is 0 Å². The highest BCUT2D eigenvalue weighted by molar-refractivity contribution is 7.80. The van der Waals surface area contributed by atoms with Gasteiger partial charge in [0, 0.05) is 22.3 Å². The molecule has 1 aliphatic heterocycles. The predicted octanol–water partition coefficient (Wildman–Crippen LogP) is 5.74. The summed E-state index contributed by atoms with van der Waals surface area (Å²) in [5, 5.41) is 4.30. The van der Waals surface area contributed by atoms with E-state index in [4.69, 9.17) is 40.2 Å². The van der Waals surface area contributed by atoms with Crippen molar-refractivity contribution in [2.24, 2.45) is 0 Å². The Bertz CT molecular complexity index is 1330. The molecule has 0 aliphatic carbocycles. The highest BCUT2D eigenvalue weighted by Crippen LogP contribution is 2.29. The summed E-state index contributed by atoms with van der Waals surface area (Å²) in [7, 11) is 0. The number of halogens is 2. The van der Waals surface area contributed by atoms with Gasteiger partial charge in [-0.1, -0.05) is 35.3 Å². The minimum absolute atomic E-state index is 0.108. The van der Waals surface area contributed by atoms with Crippen LogP contribution in [-0.4, -0.2) is 47.0 Å². The molecule has 38 heavy (non-hydrogen) atoms. The molecule has 4 rings (SSSR count). The highest BCUT2D eigenvalue weighted by Gasteiger charge is 2.43. The molecule has 0 spiro atoms. The second-order valence-corrected chi connectivity index (χ2v) is 9.81. The fourth-order valence-corrected chi connectivity index (χ4v) is 4.77. The Kier molecular flexibility index (Phi) is 8.99. The Hall–Kier alpha value is -3.46. The molecule has 1 fully saturated rings. The van der Waals surface area contributed by atoms with Crippen molar-refractivity contribution in [3.63, 3.8) is 0 Å². The first-order valence-corrected chi connectivity index (χ1v) is 13.1. The van der Waals surface area contributed by atoms with Gasteiger partial charge in [-0.2, -0.15) is 0 Å². The summed E-state index contributed by atoms with van der Waals surface area (Å²) in [6.07, 6.45) is 0.496. The van der Waals surface area contributed by atoms with Crippen LogP contribution in [0.2, 0.25) is 10.0 Å². The molecule has 1 aliphatic rings. The van der Waals surface area contributed by atoms with Crippen molar-refractivity contribution in [3.05, 3.63) is 94.0 Å². The van der Waals surface area contributed by atoms with E-state index in [9.17, 15) is 14.4 Å². The maximum Gasteiger partial charge on any atom is 0.338 e. The van der Waals surface area contributed by atoms with E-state index in [0.29, 0.717) is 45.1 Å². The predicted molar refractivity (Wildman–Crippen MR) is 153 cm³/mol. The van der Waals surface area contributed by atoms with Crippen LogP contribution in [0.1, 0.15) is 29.3 Å². The van der Waals surface area contributed by atoms with Crippen molar-refractivity contribution < 1.29 is 19.1 Å². The van der Waals surface area contributed by atoms with E-state index in [1.807, 2.05) is 24.3 Å². The number of carbonyl (C=O) groups excluding carboxylic acids is 3. The molecule has 3 aromatic rings. The minimum atomic E-state index is -0.788. The number of carbonyl (C=O) groups is 3. The lowest BCUT2D eigenvalue weighted by Crippen LogP contribution is -2.39. The largest absolute Gasteiger partial charge is 0.462 e. The molecule has 0 bridgehead atoms. The fourth-order valence-electron chi connectivity index (χ4n) is 4.11. The van der Waals surface area contributed by atoms with E-state index < -0.39 is 12.0 Å². The molecule has 1 N–H and O–H groups in total. The Morgan fingerprint density at radius 1 is 0.947 bits per heavy atom. The molecule has 3 aromatic carbocycles. The zero-order valence-corrected chi connectivity index (χ0v) is 22.9. The monoisotopic (exact) mass is 569 g/mol. The lowest BCUT2D eigenvalue weighted by atomic mass is 10.1. The first-order valence-electron chi connectivity index (χ1n) is 12.0. The van der Waals surface area contributed by atoms with Gasteiger partial charge in [-0.15, -0.1) is 0 Å². The van der Waals surface area contributed by atoms with Gasteiger partial charge < -0.3 is 15.0 Å². The average Bonchev–Trinajstić information content (AvgIpc) is 3.13. The molecule has 10 heteroatoms. The summed E-state index contributed by atoms with van der Waals surface area (Å²) in [5.74, 6) is -1.08. The highest BCUT2D eigenvalue weighted by atomic mass is 35.5. The molecule has 1 atom stereocenters. The first-order chi connectivity index (χ1) is 18.3. The van der Waals surface area contributed by atoms with Gasteiger partial charge in [-0.3, -0.25) is 14.5 Å². The summed E-state index contributed by atoms with van der Waals surface area (Å²) in [6.45, 7) is 2.44. The molecule has 196 valence electrons. The Labute approximate surface area is 236 Å². The summed E-state index contributed by atoms with van der Waals surface area (Å²) in [6, 6.07) is 19.9. The third kappa shape index (κ3) is 6.51. The van der Waals surface area contributed by atoms with Crippen molar-refractivity contribution in [1.29, 1.82) is 0 Å². The number of nitrogens with one attached hydrogen (secondary N) is 1. The van der Waals surface area contributed by atoms with E-state index in [1.54, 1.807) is 60.4 Å². The molecule has 2 amide bonds. The fraction of sp³-hybridized carbons (Fsp3) is 0.214. The van der Waals surface area contributed by atoms with Crippen molar-refractivity contribution in [1.82, 2.24) is 4.90 Å². The number of nitrogens with zero attached hydrogens (tertiary/aromatic N) is 2. The molecule has 0 saturated carbocycles. The summed E-state index contributed by atoms with van der Waals surface area (Å²) in [5.41, 5.74) is 2.49. The number of amides is 2. The van der Waals surface area contributed by atoms with E-state index in [-0.39, 0.29) is 24.8 Å². The van der Waals surface area contributed by atoms with Gasteiger partial charge in [0.25, 0.3) is 5.91 Å². The molecule has 0 radical (unpaired) electrons. The average molecular weight is 570 g/mol. The van der Waals surface area contributed by atoms with Crippen LogP contribution in [-0.2, 0) is 20.7 Å². The second-order valence-electron chi connectivity index (χ2n) is 8.57. The zero-order valence-electron chi connectivity index (χ0n) is 20.5. The lowest BCUT2D eigenvalue weighted by molar-refractivity contribution is -0.124. The van der Waals surface area contributed by atoms with E-state index in [0.717, 1.165) is 5.56 Å². The maximum atomic E-state index is 13.6. The van der Waals surface area contributed by atoms with Gasteiger partial charge >= 0.3 is 5.97 Å². The third-order valence-corrected chi connectivity index (χ3v) is 6.94. The number of ether oxygens (including phenoxy) is 1. The normalized spacial score (nSPS) is 15.1. The Morgan fingerprint density at radius 2 is 1.55 bits per heavy atom. The topological polar surface area (TPSA) is 78.9 Å². The molecule has 1 heterocycles. The lowest BCUT2D eigenvalue weighted by Gasteiger charge is -2.24. The van der Waals surface area contributed by atoms with Gasteiger partial charge in [0.2, 0.25) is 5.91 Å². The molecular formula is C28H25Cl2N3O4S. The second kappa shape index (κ2) is 12.4. The van der Waals surface area contributed by atoms with Crippen LogP contribution in [0.15, 0.2) is 72.8 Å².